The third-order valence-corrected chi connectivity index (χ3v) is 14.1. The van der Waals surface area contributed by atoms with E-state index in [1.165, 1.54) is 199 Å². The molecular formula is C66H120O6. The van der Waals surface area contributed by atoms with E-state index in [4.69, 9.17) is 14.2 Å². The van der Waals surface area contributed by atoms with Crippen LogP contribution in [0.4, 0.5) is 0 Å². The van der Waals surface area contributed by atoms with Gasteiger partial charge in [-0.1, -0.05) is 307 Å². The molecule has 0 bridgehead atoms. The summed E-state index contributed by atoms with van der Waals surface area (Å²) in [5, 5.41) is 0. The molecule has 0 aromatic heterocycles. The SMILES string of the molecule is CC/C=C\C/C=C\C/C=C\C/C=C\CCCCCCCCCCC(=O)OC(COC(=O)CCCCCCC)COC(=O)CCCCCCCCCCCCCCCCCCCCCCCCCCCCCC. The topological polar surface area (TPSA) is 78.9 Å². The lowest BCUT2D eigenvalue weighted by Crippen LogP contribution is -2.30. The van der Waals surface area contributed by atoms with E-state index in [-0.39, 0.29) is 31.1 Å². The highest BCUT2D eigenvalue weighted by molar-refractivity contribution is 5.71. The van der Waals surface area contributed by atoms with E-state index >= 15 is 0 Å². The number of rotatable bonds is 58. The standard InChI is InChI=1S/C66H120O6/c1-4-7-10-13-15-17-19-21-23-25-27-29-30-31-32-33-34-35-37-38-40-42-44-46-48-50-53-56-59-65(68)71-62-63(61-70-64(67)58-55-52-12-9-6-3)72-66(69)60-57-54-51-49-47-45-43-41-39-36-28-26-24-22-20-18-16-14-11-8-5-2/h8,11,16,18,22,24,28,36,63H,4-7,9-10,12-15,17,19-21,23,25-27,29-35,37-62H2,1-3H3/b11-8-,18-16-,24-22-,36-28-. The third kappa shape index (κ3) is 58.3. The van der Waals surface area contributed by atoms with Gasteiger partial charge in [-0.05, 0) is 57.8 Å². The molecule has 0 aromatic rings. The number of hydrogen-bond donors (Lipinski definition) is 0. The Bertz CT molecular complexity index is 1250. The highest BCUT2D eigenvalue weighted by atomic mass is 16.6. The van der Waals surface area contributed by atoms with Crippen molar-refractivity contribution in [1.29, 1.82) is 0 Å². The van der Waals surface area contributed by atoms with Gasteiger partial charge in [-0.3, -0.25) is 14.4 Å². The number of carbonyl (C=O) groups is 3. The van der Waals surface area contributed by atoms with E-state index < -0.39 is 6.10 Å². The van der Waals surface area contributed by atoms with Crippen LogP contribution in [0.25, 0.3) is 0 Å². The Kier molecular flexibility index (Phi) is 58.7. The van der Waals surface area contributed by atoms with Crippen LogP contribution in [0.2, 0.25) is 0 Å². The molecule has 0 amide bonds. The molecule has 0 N–H and O–H groups in total. The Labute approximate surface area is 448 Å². The number of unbranched alkanes of at least 4 members (excludes halogenated alkanes) is 39. The van der Waals surface area contributed by atoms with Gasteiger partial charge in [0.25, 0.3) is 0 Å². The van der Waals surface area contributed by atoms with Gasteiger partial charge in [0, 0.05) is 19.3 Å². The average molecular weight is 1010 g/mol. The van der Waals surface area contributed by atoms with Gasteiger partial charge in [0.15, 0.2) is 6.10 Å². The lowest BCUT2D eigenvalue weighted by atomic mass is 10.0. The van der Waals surface area contributed by atoms with Crippen molar-refractivity contribution >= 4 is 17.9 Å². The summed E-state index contributed by atoms with van der Waals surface area (Å²) in [7, 11) is 0. The van der Waals surface area contributed by atoms with Crippen LogP contribution in [-0.2, 0) is 28.6 Å². The van der Waals surface area contributed by atoms with E-state index in [1.54, 1.807) is 0 Å². The molecule has 0 aromatic carbocycles. The first-order valence-electron chi connectivity index (χ1n) is 31.6. The van der Waals surface area contributed by atoms with E-state index in [0.717, 1.165) is 96.3 Å². The molecular weight excluding hydrogens is 889 g/mol. The number of carbonyl (C=O) groups excluding carboxylic acids is 3. The Morgan fingerprint density at radius 2 is 0.542 bits per heavy atom. The molecule has 1 unspecified atom stereocenters. The van der Waals surface area contributed by atoms with Crippen molar-refractivity contribution in [2.75, 3.05) is 13.2 Å². The second kappa shape index (κ2) is 60.9. The van der Waals surface area contributed by atoms with Crippen molar-refractivity contribution in [3.8, 4) is 0 Å². The second-order valence-electron chi connectivity index (χ2n) is 21.3. The molecule has 6 nitrogen and oxygen atoms in total. The second-order valence-corrected chi connectivity index (χ2v) is 21.3. The Morgan fingerprint density at radius 1 is 0.292 bits per heavy atom. The van der Waals surface area contributed by atoms with E-state index in [9.17, 15) is 14.4 Å². The molecule has 0 aliphatic heterocycles. The summed E-state index contributed by atoms with van der Waals surface area (Å²) in [4.78, 5) is 37.9. The molecule has 0 radical (unpaired) electrons. The average Bonchev–Trinajstić information content (AvgIpc) is 3.38. The van der Waals surface area contributed by atoms with Gasteiger partial charge in [0.2, 0.25) is 0 Å². The van der Waals surface area contributed by atoms with Crippen LogP contribution in [0.15, 0.2) is 48.6 Å². The lowest BCUT2D eigenvalue weighted by Gasteiger charge is -2.18. The zero-order valence-electron chi connectivity index (χ0n) is 48.2. The summed E-state index contributed by atoms with van der Waals surface area (Å²) in [6.07, 6.45) is 76.1. The summed E-state index contributed by atoms with van der Waals surface area (Å²) >= 11 is 0. The molecule has 0 saturated carbocycles. The van der Waals surface area contributed by atoms with Gasteiger partial charge < -0.3 is 14.2 Å². The minimum atomic E-state index is -0.772. The van der Waals surface area contributed by atoms with Crippen LogP contribution >= 0.6 is 0 Å². The van der Waals surface area contributed by atoms with Gasteiger partial charge in [0.05, 0.1) is 0 Å². The predicted molar refractivity (Wildman–Crippen MR) is 312 cm³/mol. The monoisotopic (exact) mass is 1010 g/mol. The zero-order chi connectivity index (χ0) is 52.2. The van der Waals surface area contributed by atoms with Crippen molar-refractivity contribution in [3.05, 3.63) is 48.6 Å². The van der Waals surface area contributed by atoms with Crippen LogP contribution in [0.5, 0.6) is 0 Å². The molecule has 6 heteroatoms. The first-order chi connectivity index (χ1) is 35.5. The lowest BCUT2D eigenvalue weighted by molar-refractivity contribution is -0.167. The van der Waals surface area contributed by atoms with Crippen LogP contribution in [0.3, 0.4) is 0 Å². The highest BCUT2D eigenvalue weighted by Crippen LogP contribution is 2.18. The van der Waals surface area contributed by atoms with E-state index in [0.29, 0.717) is 19.3 Å². The predicted octanol–water partition coefficient (Wildman–Crippen LogP) is 21.4. The molecule has 0 aliphatic rings. The molecule has 0 fully saturated rings. The Balaban J connectivity index is 3.98. The van der Waals surface area contributed by atoms with Crippen molar-refractivity contribution < 1.29 is 28.6 Å². The molecule has 420 valence electrons. The zero-order valence-corrected chi connectivity index (χ0v) is 48.2. The number of allylic oxidation sites excluding steroid dienone is 8. The summed E-state index contributed by atoms with van der Waals surface area (Å²) in [6.45, 7) is 6.48. The normalized spacial score (nSPS) is 12.3. The maximum atomic E-state index is 12.8. The number of ether oxygens (including phenoxy) is 3. The fourth-order valence-electron chi connectivity index (χ4n) is 9.38. The molecule has 0 heterocycles. The van der Waals surface area contributed by atoms with Crippen molar-refractivity contribution in [3.63, 3.8) is 0 Å². The largest absolute Gasteiger partial charge is 0.462 e. The van der Waals surface area contributed by atoms with Crippen LogP contribution in [0.1, 0.15) is 335 Å². The smallest absolute Gasteiger partial charge is 0.306 e. The molecule has 0 saturated heterocycles. The van der Waals surface area contributed by atoms with Crippen LogP contribution in [-0.4, -0.2) is 37.2 Å². The molecule has 0 aliphatic carbocycles. The van der Waals surface area contributed by atoms with Gasteiger partial charge in [-0.15, -0.1) is 0 Å². The quantitative estimate of drug-likeness (QED) is 0.0261. The maximum absolute atomic E-state index is 12.8. The molecule has 72 heavy (non-hydrogen) atoms. The van der Waals surface area contributed by atoms with E-state index in [2.05, 4.69) is 69.4 Å². The first kappa shape index (κ1) is 69.4. The summed E-state index contributed by atoms with van der Waals surface area (Å²) in [5.74, 6) is -0.879. The minimum Gasteiger partial charge on any atom is -0.462 e. The minimum absolute atomic E-state index is 0.0732. The number of hydrogen-bond acceptors (Lipinski definition) is 6. The molecule has 1 atom stereocenters. The summed E-state index contributed by atoms with van der Waals surface area (Å²) in [5.41, 5.74) is 0. The highest BCUT2D eigenvalue weighted by Gasteiger charge is 2.19. The maximum Gasteiger partial charge on any atom is 0.306 e. The Hall–Kier alpha value is -2.63. The van der Waals surface area contributed by atoms with Gasteiger partial charge in [-0.25, -0.2) is 0 Å². The van der Waals surface area contributed by atoms with E-state index in [1.807, 2.05) is 0 Å². The fraction of sp³-hybridized carbons (Fsp3) is 0.833. The summed E-state index contributed by atoms with van der Waals surface area (Å²) < 4.78 is 16.8. The van der Waals surface area contributed by atoms with Gasteiger partial charge in [-0.2, -0.15) is 0 Å². The van der Waals surface area contributed by atoms with Crippen LogP contribution in [0, 0.1) is 0 Å². The van der Waals surface area contributed by atoms with Gasteiger partial charge in [0.1, 0.15) is 13.2 Å². The van der Waals surface area contributed by atoms with Crippen molar-refractivity contribution in [2.45, 2.75) is 341 Å². The van der Waals surface area contributed by atoms with Crippen molar-refractivity contribution in [2.24, 2.45) is 0 Å². The van der Waals surface area contributed by atoms with Gasteiger partial charge >= 0.3 is 17.9 Å². The molecule has 0 spiro atoms. The molecule has 0 rings (SSSR count). The van der Waals surface area contributed by atoms with Crippen LogP contribution < -0.4 is 0 Å². The first-order valence-corrected chi connectivity index (χ1v) is 31.6. The van der Waals surface area contributed by atoms with Crippen molar-refractivity contribution in [1.82, 2.24) is 0 Å². The number of esters is 3. The summed E-state index contributed by atoms with van der Waals surface area (Å²) in [6, 6.07) is 0. The Morgan fingerprint density at radius 3 is 0.847 bits per heavy atom. The fourth-order valence-corrected chi connectivity index (χ4v) is 9.38. The third-order valence-electron chi connectivity index (χ3n) is 14.1.